The SMILES string of the molecule is COc1cccc(N2C(=O)[C@H](N)[C@@H]2c2ccccc2Cl)c1. The van der Waals surface area contributed by atoms with Gasteiger partial charge in [0.25, 0.3) is 0 Å². The molecule has 2 atom stereocenters. The van der Waals surface area contributed by atoms with Crippen LogP contribution in [0.25, 0.3) is 0 Å². The van der Waals surface area contributed by atoms with Crippen LogP contribution in [0.4, 0.5) is 5.69 Å². The van der Waals surface area contributed by atoms with Crippen LogP contribution < -0.4 is 15.4 Å². The summed E-state index contributed by atoms with van der Waals surface area (Å²) in [6.07, 6.45) is 0. The average molecular weight is 303 g/mol. The molecule has 1 aliphatic rings. The quantitative estimate of drug-likeness (QED) is 0.887. The number of amides is 1. The Morgan fingerprint density at radius 3 is 2.67 bits per heavy atom. The summed E-state index contributed by atoms with van der Waals surface area (Å²) >= 11 is 6.24. The van der Waals surface area contributed by atoms with E-state index in [0.29, 0.717) is 10.8 Å². The van der Waals surface area contributed by atoms with Gasteiger partial charge in [-0.05, 0) is 23.8 Å². The van der Waals surface area contributed by atoms with Gasteiger partial charge in [0.2, 0.25) is 5.91 Å². The second kappa shape index (κ2) is 5.39. The van der Waals surface area contributed by atoms with Crippen LogP contribution in [0.2, 0.25) is 5.02 Å². The molecule has 0 aromatic heterocycles. The van der Waals surface area contributed by atoms with Crippen molar-refractivity contribution >= 4 is 23.2 Å². The first-order valence-electron chi connectivity index (χ1n) is 6.60. The van der Waals surface area contributed by atoms with Crippen molar-refractivity contribution in [2.45, 2.75) is 12.1 Å². The summed E-state index contributed by atoms with van der Waals surface area (Å²) < 4.78 is 5.21. The van der Waals surface area contributed by atoms with Crippen LogP contribution in [0.5, 0.6) is 5.75 Å². The molecule has 0 saturated carbocycles. The molecule has 3 rings (SSSR count). The van der Waals surface area contributed by atoms with Crippen molar-refractivity contribution in [3.63, 3.8) is 0 Å². The molecule has 1 amide bonds. The number of nitrogens with two attached hydrogens (primary N) is 1. The number of anilines is 1. The summed E-state index contributed by atoms with van der Waals surface area (Å²) in [5.74, 6) is 0.576. The zero-order valence-corrected chi connectivity index (χ0v) is 12.2. The number of nitrogens with zero attached hydrogens (tertiary/aromatic N) is 1. The maximum atomic E-state index is 12.2. The molecule has 21 heavy (non-hydrogen) atoms. The zero-order chi connectivity index (χ0) is 15.0. The fraction of sp³-hybridized carbons (Fsp3) is 0.188. The van der Waals surface area contributed by atoms with Crippen molar-refractivity contribution in [1.29, 1.82) is 0 Å². The van der Waals surface area contributed by atoms with E-state index in [1.807, 2.05) is 42.5 Å². The van der Waals surface area contributed by atoms with Gasteiger partial charge < -0.3 is 15.4 Å². The zero-order valence-electron chi connectivity index (χ0n) is 11.5. The lowest BCUT2D eigenvalue weighted by Gasteiger charge is -2.45. The highest BCUT2D eigenvalue weighted by Crippen LogP contribution is 2.41. The van der Waals surface area contributed by atoms with Gasteiger partial charge in [-0.3, -0.25) is 4.79 Å². The van der Waals surface area contributed by atoms with Gasteiger partial charge in [-0.15, -0.1) is 0 Å². The average Bonchev–Trinajstić information content (AvgIpc) is 2.52. The van der Waals surface area contributed by atoms with Crippen molar-refractivity contribution in [3.8, 4) is 5.75 Å². The molecule has 108 valence electrons. The van der Waals surface area contributed by atoms with Crippen molar-refractivity contribution < 1.29 is 9.53 Å². The Morgan fingerprint density at radius 2 is 1.95 bits per heavy atom. The molecule has 0 bridgehead atoms. The normalized spacial score (nSPS) is 21.1. The number of carbonyl (C=O) groups excluding carboxylic acids is 1. The van der Waals surface area contributed by atoms with E-state index in [-0.39, 0.29) is 11.9 Å². The van der Waals surface area contributed by atoms with Gasteiger partial charge in [0, 0.05) is 16.8 Å². The molecule has 1 aliphatic heterocycles. The van der Waals surface area contributed by atoms with E-state index < -0.39 is 6.04 Å². The maximum absolute atomic E-state index is 12.2. The summed E-state index contributed by atoms with van der Waals surface area (Å²) in [5, 5.41) is 0.610. The van der Waals surface area contributed by atoms with E-state index in [1.165, 1.54) is 0 Å². The minimum absolute atomic E-state index is 0.117. The van der Waals surface area contributed by atoms with Crippen LogP contribution in [0.1, 0.15) is 11.6 Å². The smallest absolute Gasteiger partial charge is 0.247 e. The molecule has 0 spiro atoms. The van der Waals surface area contributed by atoms with Gasteiger partial charge in [-0.2, -0.15) is 0 Å². The molecule has 0 aliphatic carbocycles. The Kier molecular flexibility index (Phi) is 3.57. The lowest BCUT2D eigenvalue weighted by Crippen LogP contribution is -2.63. The minimum Gasteiger partial charge on any atom is -0.497 e. The van der Waals surface area contributed by atoms with Crippen LogP contribution in [0.15, 0.2) is 48.5 Å². The van der Waals surface area contributed by atoms with Crippen LogP contribution >= 0.6 is 11.6 Å². The van der Waals surface area contributed by atoms with Crippen molar-refractivity contribution in [3.05, 3.63) is 59.1 Å². The van der Waals surface area contributed by atoms with Gasteiger partial charge in [-0.1, -0.05) is 35.9 Å². The van der Waals surface area contributed by atoms with Crippen molar-refractivity contribution in [2.75, 3.05) is 12.0 Å². The summed E-state index contributed by atoms with van der Waals surface area (Å²) in [6.45, 7) is 0. The molecule has 0 unspecified atom stereocenters. The Labute approximate surface area is 128 Å². The molecule has 2 N–H and O–H groups in total. The molecule has 2 aromatic carbocycles. The number of benzene rings is 2. The molecule has 0 radical (unpaired) electrons. The van der Waals surface area contributed by atoms with Crippen LogP contribution in [-0.4, -0.2) is 19.1 Å². The third kappa shape index (κ3) is 2.26. The van der Waals surface area contributed by atoms with Gasteiger partial charge in [0.1, 0.15) is 11.8 Å². The van der Waals surface area contributed by atoms with Crippen molar-refractivity contribution in [2.24, 2.45) is 5.73 Å². The largest absolute Gasteiger partial charge is 0.497 e. The van der Waals surface area contributed by atoms with Crippen LogP contribution in [-0.2, 0) is 4.79 Å². The number of β-lactam (4-membered cyclic amide) rings is 1. The fourth-order valence-corrected chi connectivity index (χ4v) is 2.85. The van der Waals surface area contributed by atoms with E-state index in [1.54, 1.807) is 18.1 Å². The molecule has 5 heteroatoms. The van der Waals surface area contributed by atoms with Crippen molar-refractivity contribution in [1.82, 2.24) is 0 Å². The predicted octanol–water partition coefficient (Wildman–Crippen LogP) is 2.76. The van der Waals surface area contributed by atoms with Gasteiger partial charge in [0.05, 0.1) is 13.2 Å². The fourth-order valence-electron chi connectivity index (χ4n) is 2.61. The second-order valence-electron chi connectivity index (χ2n) is 4.90. The number of rotatable bonds is 3. The maximum Gasteiger partial charge on any atom is 0.247 e. The minimum atomic E-state index is -0.573. The molecule has 2 aromatic rings. The lowest BCUT2D eigenvalue weighted by atomic mass is 9.88. The van der Waals surface area contributed by atoms with E-state index in [0.717, 1.165) is 11.3 Å². The number of halogens is 1. The first-order chi connectivity index (χ1) is 10.1. The first-order valence-corrected chi connectivity index (χ1v) is 6.98. The first kappa shape index (κ1) is 13.9. The Balaban J connectivity index is 2.00. The van der Waals surface area contributed by atoms with Gasteiger partial charge >= 0.3 is 0 Å². The molecular weight excluding hydrogens is 288 g/mol. The highest BCUT2D eigenvalue weighted by Gasteiger charge is 2.47. The van der Waals surface area contributed by atoms with Gasteiger partial charge in [-0.25, -0.2) is 0 Å². The third-order valence-corrected chi connectivity index (χ3v) is 4.04. The topological polar surface area (TPSA) is 55.6 Å². The summed E-state index contributed by atoms with van der Waals surface area (Å²) in [7, 11) is 1.59. The monoisotopic (exact) mass is 302 g/mol. The van der Waals surface area contributed by atoms with E-state index in [9.17, 15) is 4.79 Å². The number of hydrogen-bond acceptors (Lipinski definition) is 3. The predicted molar refractivity (Wildman–Crippen MR) is 82.6 cm³/mol. The van der Waals surface area contributed by atoms with Crippen LogP contribution in [0, 0.1) is 0 Å². The Morgan fingerprint density at radius 1 is 1.19 bits per heavy atom. The lowest BCUT2D eigenvalue weighted by molar-refractivity contribution is -0.126. The molecule has 1 saturated heterocycles. The Bertz CT molecular complexity index is 689. The molecule has 1 heterocycles. The molecule has 4 nitrogen and oxygen atoms in total. The highest BCUT2D eigenvalue weighted by molar-refractivity contribution is 6.31. The Hall–Kier alpha value is -2.04. The van der Waals surface area contributed by atoms with E-state index >= 15 is 0 Å². The molecular formula is C16H15ClN2O2. The number of methoxy groups -OCH3 is 1. The number of ether oxygens (including phenoxy) is 1. The van der Waals surface area contributed by atoms with E-state index in [2.05, 4.69) is 0 Å². The number of hydrogen-bond donors (Lipinski definition) is 1. The molecule has 1 fully saturated rings. The van der Waals surface area contributed by atoms with E-state index in [4.69, 9.17) is 22.1 Å². The van der Waals surface area contributed by atoms with Gasteiger partial charge in [0.15, 0.2) is 0 Å². The standard InChI is InChI=1S/C16H15ClN2O2/c1-21-11-6-4-5-10(9-11)19-15(14(18)16(19)20)12-7-2-3-8-13(12)17/h2-9,14-15H,18H2,1H3/t14-,15+/m1/s1. The summed E-state index contributed by atoms with van der Waals surface area (Å²) in [6, 6.07) is 14.0. The van der Waals surface area contributed by atoms with Crippen LogP contribution in [0.3, 0.4) is 0 Å². The third-order valence-electron chi connectivity index (χ3n) is 3.70. The highest BCUT2D eigenvalue weighted by atomic mass is 35.5. The second-order valence-corrected chi connectivity index (χ2v) is 5.31. The summed E-state index contributed by atoms with van der Waals surface area (Å²) in [4.78, 5) is 13.8. The summed E-state index contributed by atoms with van der Waals surface area (Å²) in [5.41, 5.74) is 7.60. The number of carbonyl (C=O) groups is 1.